The molecule has 1 heterocycles. The molecule has 3 aromatic carbocycles. The molecule has 2 N–H and O–H groups in total. The standard InChI is InChI=1S/C28H38N2O5.C23H34N2O5/c1-8-25(31)33-19-18-29-27(32)34-24-16-14-22(15-17-24)21(4)35-30(28(5,6)7)26(20(2)3)23-12-10-9-11-13-23;1-7-20(26)28-16-15-24-21(27)29-19-11-9-18(10-12-19)17(2)30-25-22(3,4)13-8-14-23(25,5)6/h8-17,20-21,26H,1,18-19H2,2-7H3,(H,29,32);7,9-12,17H,1,8,13-16H2,2-6H3,(H,24,27). The van der Waals surface area contributed by atoms with E-state index >= 15 is 0 Å². The zero-order chi connectivity index (χ0) is 48.4. The summed E-state index contributed by atoms with van der Waals surface area (Å²) in [5.74, 6) is 0.0798. The van der Waals surface area contributed by atoms with Gasteiger partial charge in [-0.2, -0.15) is 10.1 Å². The molecule has 0 bridgehead atoms. The molecule has 3 unspecified atom stereocenters. The number of hydroxylamine groups is 4. The number of nitrogens with zero attached hydrogens (tertiary/aromatic N) is 2. The predicted octanol–water partition coefficient (Wildman–Crippen LogP) is 10.5. The number of nitrogens with one attached hydrogen (secondary N) is 2. The second-order valence-corrected chi connectivity index (χ2v) is 18.4. The van der Waals surface area contributed by atoms with Crippen LogP contribution in [0.15, 0.2) is 104 Å². The van der Waals surface area contributed by atoms with Gasteiger partial charge in [0.1, 0.15) is 36.9 Å². The third-order valence-electron chi connectivity index (χ3n) is 10.6. The summed E-state index contributed by atoms with van der Waals surface area (Å²) >= 11 is 0. The van der Waals surface area contributed by atoms with E-state index < -0.39 is 24.1 Å². The van der Waals surface area contributed by atoms with Crippen molar-refractivity contribution in [3.05, 3.63) is 121 Å². The van der Waals surface area contributed by atoms with Crippen LogP contribution in [0.2, 0.25) is 0 Å². The number of esters is 2. The van der Waals surface area contributed by atoms with Crippen LogP contribution in [-0.4, -0.2) is 77.2 Å². The van der Waals surface area contributed by atoms with Gasteiger partial charge in [0.25, 0.3) is 0 Å². The largest absolute Gasteiger partial charge is 0.461 e. The Hall–Kier alpha value is -5.54. The molecule has 1 aliphatic heterocycles. The number of amides is 2. The van der Waals surface area contributed by atoms with E-state index in [0.29, 0.717) is 17.4 Å². The van der Waals surface area contributed by atoms with Crippen LogP contribution in [0.5, 0.6) is 11.5 Å². The maximum absolute atomic E-state index is 11.9. The van der Waals surface area contributed by atoms with E-state index in [1.165, 1.54) is 12.0 Å². The monoisotopic (exact) mass is 901 g/mol. The Kier molecular flexibility index (Phi) is 20.9. The molecule has 2 amide bonds. The molecule has 14 nitrogen and oxygen atoms in total. The number of benzene rings is 3. The molecule has 0 aromatic heterocycles. The minimum absolute atomic E-state index is 0.0306. The second kappa shape index (κ2) is 25.2. The van der Waals surface area contributed by atoms with Gasteiger partial charge in [-0.05, 0) is 128 Å². The molecule has 3 atom stereocenters. The van der Waals surface area contributed by atoms with Gasteiger partial charge in [-0.25, -0.2) is 19.2 Å². The number of carbonyl (C=O) groups excluding carboxylic acids is 4. The highest BCUT2D eigenvalue weighted by atomic mass is 16.7. The summed E-state index contributed by atoms with van der Waals surface area (Å²) in [6.07, 6.45) is 3.92. The Morgan fingerprint density at radius 2 is 1.11 bits per heavy atom. The summed E-state index contributed by atoms with van der Waals surface area (Å²) in [6, 6.07) is 25.0. The van der Waals surface area contributed by atoms with Crippen molar-refractivity contribution in [3.8, 4) is 11.5 Å². The topological polar surface area (TPSA) is 154 Å². The molecule has 4 rings (SSSR count). The minimum Gasteiger partial charge on any atom is -0.461 e. The molecule has 3 aromatic rings. The molecule has 14 heteroatoms. The number of hydrogen-bond donors (Lipinski definition) is 2. The molecular formula is C51H72N4O10. The van der Waals surface area contributed by atoms with Gasteiger partial charge in [-0.1, -0.05) is 81.6 Å². The first-order chi connectivity index (χ1) is 30.6. The molecular weight excluding hydrogens is 829 g/mol. The predicted molar refractivity (Wildman–Crippen MR) is 252 cm³/mol. The average molecular weight is 901 g/mol. The van der Waals surface area contributed by atoms with Crippen molar-refractivity contribution in [2.45, 2.75) is 130 Å². The van der Waals surface area contributed by atoms with E-state index in [1.807, 2.05) is 44.2 Å². The fourth-order valence-corrected chi connectivity index (χ4v) is 7.42. The molecule has 0 saturated carbocycles. The van der Waals surface area contributed by atoms with Crippen molar-refractivity contribution in [1.82, 2.24) is 20.8 Å². The van der Waals surface area contributed by atoms with Crippen LogP contribution in [-0.2, 0) is 28.7 Å². The molecule has 65 heavy (non-hydrogen) atoms. The summed E-state index contributed by atoms with van der Waals surface area (Å²) < 4.78 is 20.1. The first-order valence-corrected chi connectivity index (χ1v) is 22.3. The van der Waals surface area contributed by atoms with Gasteiger partial charge in [0.2, 0.25) is 0 Å². The Balaban J connectivity index is 0.000000349. The number of ether oxygens (including phenoxy) is 4. The van der Waals surface area contributed by atoms with Crippen LogP contribution in [0.1, 0.15) is 130 Å². The zero-order valence-electron chi connectivity index (χ0n) is 40.3. The highest BCUT2D eigenvalue weighted by Crippen LogP contribution is 2.41. The van der Waals surface area contributed by atoms with E-state index in [-0.39, 0.29) is 61.2 Å². The van der Waals surface area contributed by atoms with Crippen molar-refractivity contribution < 1.29 is 47.8 Å². The number of hydrogen-bond acceptors (Lipinski definition) is 12. The highest BCUT2D eigenvalue weighted by molar-refractivity contribution is 5.81. The van der Waals surface area contributed by atoms with E-state index in [2.05, 4.69) is 120 Å². The van der Waals surface area contributed by atoms with Gasteiger partial charge in [0.05, 0.1) is 19.1 Å². The van der Waals surface area contributed by atoms with Crippen LogP contribution >= 0.6 is 0 Å². The normalized spacial score (nSPS) is 15.8. The Labute approximate surface area is 386 Å². The lowest BCUT2D eigenvalue weighted by atomic mass is 9.82. The lowest BCUT2D eigenvalue weighted by Crippen LogP contribution is -2.58. The fourth-order valence-electron chi connectivity index (χ4n) is 7.42. The lowest BCUT2D eigenvalue weighted by molar-refractivity contribution is -0.304. The zero-order valence-corrected chi connectivity index (χ0v) is 40.3. The number of rotatable bonds is 19. The maximum atomic E-state index is 11.9. The molecule has 1 saturated heterocycles. The van der Waals surface area contributed by atoms with Crippen molar-refractivity contribution in [1.29, 1.82) is 0 Å². The average Bonchev–Trinajstić information content (AvgIpc) is 3.25. The van der Waals surface area contributed by atoms with E-state index in [0.717, 1.165) is 36.1 Å². The molecule has 1 aliphatic rings. The molecule has 0 spiro atoms. The Bertz CT molecular complexity index is 1960. The number of carbonyl (C=O) groups is 4. The third kappa shape index (κ3) is 17.8. The van der Waals surface area contributed by atoms with E-state index in [4.69, 9.17) is 28.6 Å². The minimum atomic E-state index is -0.627. The SMILES string of the molecule is C=CC(=O)OCCNC(=O)Oc1ccc(C(C)ON(C(c2ccccc2)C(C)C)C(C)(C)C)cc1.C=CC(=O)OCCNC(=O)Oc1ccc(C(C)ON2C(C)(C)CCCC2(C)C)cc1. The van der Waals surface area contributed by atoms with Crippen molar-refractivity contribution in [2.24, 2.45) is 5.92 Å². The van der Waals surface area contributed by atoms with Crippen LogP contribution in [0, 0.1) is 5.92 Å². The Morgan fingerprint density at radius 1 is 0.677 bits per heavy atom. The van der Waals surface area contributed by atoms with Gasteiger partial charge in [-0.3, -0.25) is 9.68 Å². The van der Waals surface area contributed by atoms with Gasteiger partial charge < -0.3 is 29.6 Å². The second-order valence-electron chi connectivity index (χ2n) is 18.4. The summed E-state index contributed by atoms with van der Waals surface area (Å²) in [7, 11) is 0. The van der Waals surface area contributed by atoms with Crippen LogP contribution < -0.4 is 20.1 Å². The van der Waals surface area contributed by atoms with Gasteiger partial charge in [0.15, 0.2) is 0 Å². The van der Waals surface area contributed by atoms with E-state index in [9.17, 15) is 19.2 Å². The highest BCUT2D eigenvalue weighted by Gasteiger charge is 2.43. The van der Waals surface area contributed by atoms with Gasteiger partial charge in [0, 0.05) is 28.8 Å². The van der Waals surface area contributed by atoms with Crippen molar-refractivity contribution >= 4 is 24.1 Å². The van der Waals surface area contributed by atoms with Crippen molar-refractivity contribution in [3.63, 3.8) is 0 Å². The molecule has 0 aliphatic carbocycles. The lowest BCUT2D eigenvalue weighted by Gasteiger charge is -2.52. The smallest absolute Gasteiger partial charge is 0.412 e. The fraction of sp³-hybridized carbons (Fsp3) is 0.490. The quantitative estimate of drug-likeness (QED) is 0.0509. The van der Waals surface area contributed by atoms with Crippen molar-refractivity contribution in [2.75, 3.05) is 26.3 Å². The summed E-state index contributed by atoms with van der Waals surface area (Å²) in [4.78, 5) is 58.7. The maximum Gasteiger partial charge on any atom is 0.412 e. The Morgan fingerprint density at radius 3 is 1.51 bits per heavy atom. The number of piperidine rings is 1. The first-order valence-electron chi connectivity index (χ1n) is 22.3. The summed E-state index contributed by atoms with van der Waals surface area (Å²) in [5, 5.41) is 9.28. The van der Waals surface area contributed by atoms with Crippen LogP contribution in [0.3, 0.4) is 0 Å². The molecule has 356 valence electrons. The third-order valence-corrected chi connectivity index (χ3v) is 10.6. The first kappa shape index (κ1) is 53.8. The van der Waals surface area contributed by atoms with Crippen LogP contribution in [0.25, 0.3) is 0 Å². The van der Waals surface area contributed by atoms with Gasteiger partial charge >= 0.3 is 24.1 Å². The molecule has 1 fully saturated rings. The van der Waals surface area contributed by atoms with Crippen LogP contribution in [0.4, 0.5) is 9.59 Å². The van der Waals surface area contributed by atoms with E-state index in [1.54, 1.807) is 24.3 Å². The molecule has 0 radical (unpaired) electrons. The summed E-state index contributed by atoms with van der Waals surface area (Å²) in [6.45, 7) is 30.7. The van der Waals surface area contributed by atoms with Gasteiger partial charge in [-0.15, -0.1) is 0 Å². The summed E-state index contributed by atoms with van der Waals surface area (Å²) in [5.41, 5.74) is 2.86.